The topological polar surface area (TPSA) is 95.0 Å². The van der Waals surface area contributed by atoms with Crippen LogP contribution in [-0.2, 0) is 25.7 Å². The van der Waals surface area contributed by atoms with E-state index in [2.05, 4.69) is 33.0 Å². The molecule has 2 heterocycles. The Hall–Kier alpha value is -4.14. The van der Waals surface area contributed by atoms with Gasteiger partial charge < -0.3 is 5.11 Å². The molecular weight excluding hydrogens is 644 g/mol. The van der Waals surface area contributed by atoms with Crippen molar-refractivity contribution in [2.75, 3.05) is 13.1 Å². The molecule has 7 nitrogen and oxygen atoms in total. The van der Waals surface area contributed by atoms with Gasteiger partial charge in [-0.25, -0.2) is 0 Å². The number of halogens is 1. The Kier molecular flexibility index (Phi) is 7.18. The number of ketones is 2. The summed E-state index contributed by atoms with van der Waals surface area (Å²) in [6.07, 6.45) is 5.38. The van der Waals surface area contributed by atoms with E-state index in [0.717, 1.165) is 48.8 Å². The van der Waals surface area contributed by atoms with Crippen molar-refractivity contribution < 1.29 is 24.3 Å². The van der Waals surface area contributed by atoms with Crippen molar-refractivity contribution in [3.8, 4) is 5.75 Å². The van der Waals surface area contributed by atoms with Gasteiger partial charge in [0, 0.05) is 54.4 Å². The van der Waals surface area contributed by atoms with Gasteiger partial charge in [0.05, 0.1) is 16.3 Å². The van der Waals surface area contributed by atoms with E-state index in [9.17, 15) is 24.3 Å². The molecule has 5 aliphatic rings. The fourth-order valence-corrected chi connectivity index (χ4v) is 9.13. The number of Topliss-reactive ketones (excluding diaryl/α,β-unsaturated/α-hetero) is 1. The van der Waals surface area contributed by atoms with Gasteiger partial charge in [0.2, 0.25) is 11.8 Å². The first-order valence-corrected chi connectivity index (χ1v) is 16.8. The van der Waals surface area contributed by atoms with Crippen molar-refractivity contribution in [1.82, 2.24) is 9.80 Å². The number of carbonyl (C=O) groups excluding carboxylic acids is 4. The largest absolute Gasteiger partial charge is 0.508 e. The van der Waals surface area contributed by atoms with E-state index in [0.29, 0.717) is 23.1 Å². The quantitative estimate of drug-likeness (QED) is 0.208. The van der Waals surface area contributed by atoms with E-state index in [1.807, 2.05) is 54.6 Å². The lowest BCUT2D eigenvalue weighted by Gasteiger charge is -2.42. The van der Waals surface area contributed by atoms with Crippen LogP contribution in [0.25, 0.3) is 10.8 Å². The number of phenolic OH excluding ortho intramolecular Hbond substituents is 1. The number of imide groups is 1. The lowest BCUT2D eigenvalue weighted by Crippen LogP contribution is -2.47. The Morgan fingerprint density at radius 3 is 2.37 bits per heavy atom. The predicted molar refractivity (Wildman–Crippen MR) is 177 cm³/mol. The normalized spacial score (nSPS) is 27.0. The maximum atomic E-state index is 14.4. The van der Waals surface area contributed by atoms with Crippen LogP contribution in [0.4, 0.5) is 0 Å². The SMILES string of the molecule is O=C1C=C(Br)C(=O)C2=C1C(c1c(O)ccc3ccccc13)C1=CCC3C(=O)N(C4CCN(Cc5ccccc5)CC4)C(=O)C3C1C2. The highest BCUT2D eigenvalue weighted by atomic mass is 79.9. The summed E-state index contributed by atoms with van der Waals surface area (Å²) in [5.41, 5.74) is 3.38. The highest BCUT2D eigenvalue weighted by Crippen LogP contribution is 2.57. The molecule has 8 rings (SSSR count). The third-order valence-electron chi connectivity index (χ3n) is 10.8. The number of piperidine rings is 1. The van der Waals surface area contributed by atoms with Crippen LogP contribution in [0, 0.1) is 17.8 Å². The molecule has 0 radical (unpaired) electrons. The van der Waals surface area contributed by atoms with Crippen molar-refractivity contribution in [2.24, 2.45) is 17.8 Å². The van der Waals surface area contributed by atoms with E-state index in [1.165, 1.54) is 11.6 Å². The van der Waals surface area contributed by atoms with Gasteiger partial charge in [0.25, 0.3) is 0 Å². The molecule has 3 aromatic rings. The minimum atomic E-state index is -0.702. The van der Waals surface area contributed by atoms with Gasteiger partial charge in [0.1, 0.15) is 5.75 Å². The van der Waals surface area contributed by atoms with E-state index in [4.69, 9.17) is 0 Å². The van der Waals surface area contributed by atoms with Gasteiger partial charge in [-0.3, -0.25) is 29.0 Å². The number of benzene rings is 3. The summed E-state index contributed by atoms with van der Waals surface area (Å²) >= 11 is 3.30. The predicted octanol–water partition coefficient (Wildman–Crippen LogP) is 5.97. The summed E-state index contributed by atoms with van der Waals surface area (Å²) in [5, 5.41) is 13.0. The number of amides is 2. The third-order valence-corrected chi connectivity index (χ3v) is 11.4. The van der Waals surface area contributed by atoms with Gasteiger partial charge in [-0.2, -0.15) is 0 Å². The Morgan fingerprint density at radius 2 is 1.59 bits per heavy atom. The summed E-state index contributed by atoms with van der Waals surface area (Å²) in [6, 6.07) is 21.3. The first-order chi connectivity index (χ1) is 22.3. The number of allylic oxidation sites excluding steroid dienone is 6. The minimum Gasteiger partial charge on any atom is -0.508 e. The average molecular weight is 678 g/mol. The number of fused-ring (bicyclic) bond motifs is 4. The van der Waals surface area contributed by atoms with E-state index >= 15 is 0 Å². The van der Waals surface area contributed by atoms with Crippen molar-refractivity contribution in [1.29, 1.82) is 0 Å². The molecule has 4 unspecified atom stereocenters. The van der Waals surface area contributed by atoms with Crippen LogP contribution in [0.15, 0.2) is 100 Å². The Morgan fingerprint density at radius 1 is 0.848 bits per heavy atom. The first kappa shape index (κ1) is 29.3. The highest BCUT2D eigenvalue weighted by molar-refractivity contribution is 9.12. The zero-order chi connectivity index (χ0) is 31.7. The number of nitrogens with zero attached hydrogens (tertiary/aromatic N) is 2. The summed E-state index contributed by atoms with van der Waals surface area (Å²) in [4.78, 5) is 59.6. The van der Waals surface area contributed by atoms with Crippen LogP contribution in [-0.4, -0.2) is 57.4 Å². The second kappa shape index (κ2) is 11.3. The van der Waals surface area contributed by atoms with Crippen LogP contribution in [0.5, 0.6) is 5.75 Å². The molecule has 0 saturated carbocycles. The van der Waals surface area contributed by atoms with Crippen LogP contribution in [0.1, 0.15) is 42.7 Å². The molecule has 46 heavy (non-hydrogen) atoms. The molecule has 2 aliphatic heterocycles. The van der Waals surface area contributed by atoms with Crippen LogP contribution < -0.4 is 0 Å². The molecule has 8 heteroatoms. The Balaban J connectivity index is 1.15. The van der Waals surface area contributed by atoms with Crippen LogP contribution in [0.3, 0.4) is 0 Å². The van der Waals surface area contributed by atoms with E-state index < -0.39 is 23.7 Å². The molecule has 2 fully saturated rings. The molecule has 0 bridgehead atoms. The summed E-state index contributed by atoms with van der Waals surface area (Å²) in [6.45, 7) is 2.44. The number of likely N-dealkylation sites (tertiary alicyclic amines) is 2. The highest BCUT2D eigenvalue weighted by Gasteiger charge is 2.57. The summed E-state index contributed by atoms with van der Waals surface area (Å²) < 4.78 is 0.189. The van der Waals surface area contributed by atoms with Gasteiger partial charge in [-0.15, -0.1) is 0 Å². The smallest absolute Gasteiger partial charge is 0.233 e. The maximum absolute atomic E-state index is 14.4. The first-order valence-electron chi connectivity index (χ1n) is 16.0. The molecule has 232 valence electrons. The summed E-state index contributed by atoms with van der Waals surface area (Å²) in [5.74, 6) is -3.06. The zero-order valence-electron chi connectivity index (χ0n) is 25.2. The molecular formula is C38H33BrN2O5. The number of carbonyl (C=O) groups is 4. The fourth-order valence-electron chi connectivity index (χ4n) is 8.69. The van der Waals surface area contributed by atoms with E-state index in [1.54, 1.807) is 11.0 Å². The van der Waals surface area contributed by atoms with Crippen molar-refractivity contribution in [3.63, 3.8) is 0 Å². The molecule has 1 N–H and O–H groups in total. The number of hydrogen-bond acceptors (Lipinski definition) is 6. The van der Waals surface area contributed by atoms with Crippen molar-refractivity contribution >= 4 is 50.1 Å². The van der Waals surface area contributed by atoms with Crippen LogP contribution in [0.2, 0.25) is 0 Å². The van der Waals surface area contributed by atoms with Gasteiger partial charge in [-0.05, 0) is 69.9 Å². The Bertz CT molecular complexity index is 1920. The molecule has 4 atom stereocenters. The molecule has 0 spiro atoms. The second-order valence-electron chi connectivity index (χ2n) is 13.2. The number of aromatic hydroxyl groups is 1. The minimum absolute atomic E-state index is 0.0332. The van der Waals surface area contributed by atoms with Crippen molar-refractivity contribution in [2.45, 2.75) is 44.2 Å². The van der Waals surface area contributed by atoms with Crippen LogP contribution >= 0.6 is 15.9 Å². The molecule has 2 amide bonds. The molecule has 2 saturated heterocycles. The molecule has 3 aromatic carbocycles. The number of phenols is 1. The second-order valence-corrected chi connectivity index (χ2v) is 14.0. The number of hydrogen-bond donors (Lipinski definition) is 1. The van der Waals surface area contributed by atoms with Gasteiger partial charge in [0.15, 0.2) is 11.6 Å². The lowest BCUT2D eigenvalue weighted by molar-refractivity contribution is -0.144. The summed E-state index contributed by atoms with van der Waals surface area (Å²) in [7, 11) is 0. The van der Waals surface area contributed by atoms with E-state index in [-0.39, 0.29) is 46.1 Å². The number of rotatable bonds is 4. The molecule has 0 aromatic heterocycles. The zero-order valence-corrected chi connectivity index (χ0v) is 26.8. The van der Waals surface area contributed by atoms with Gasteiger partial charge >= 0.3 is 0 Å². The Labute approximate surface area is 275 Å². The standard InChI is InChI=1S/C38H33BrN2O5/c39-29-19-31(43)34-28(36(29)44)18-27-25(35(34)33-24-9-5-4-8-22(24)10-13-30(33)42)11-12-26-32(27)38(46)41(37(26)45)23-14-16-40(17-15-23)20-21-6-2-1-3-7-21/h1-11,13,19,23,26-27,32,35,42H,12,14-18,20H2. The lowest BCUT2D eigenvalue weighted by atomic mass is 9.59. The average Bonchev–Trinajstić information content (AvgIpc) is 3.33. The fraction of sp³-hybridized carbons (Fsp3) is 0.316. The monoisotopic (exact) mass is 676 g/mol. The van der Waals surface area contributed by atoms with Crippen molar-refractivity contribution in [3.05, 3.63) is 111 Å². The van der Waals surface area contributed by atoms with Gasteiger partial charge in [-0.1, -0.05) is 72.3 Å². The maximum Gasteiger partial charge on any atom is 0.233 e. The molecule has 3 aliphatic carbocycles. The third kappa shape index (κ3) is 4.56.